The standard InChI is InChI=1S/C40H22N2OS/c1-3-10-23(11-4-1)26-21-31-27-19-18-25(20-30(27)28-15-9-16-32-35(28)36(31)33(22-26)43-32)40-41-37(24-12-5-2-6-13-24)39-38(42-40)29-14-7-8-17-34(29)44-39/h1-22H. The molecule has 0 radical (unpaired) electrons. The summed E-state index contributed by atoms with van der Waals surface area (Å²) in [6.45, 7) is 0. The van der Waals surface area contributed by atoms with Crippen molar-refractivity contribution in [2.45, 2.75) is 0 Å². The van der Waals surface area contributed by atoms with Gasteiger partial charge in [0.05, 0.1) is 15.9 Å². The fourth-order valence-corrected chi connectivity index (χ4v) is 7.99. The fraction of sp³-hybridized carbons (Fsp3) is 0. The van der Waals surface area contributed by atoms with E-state index in [4.69, 9.17) is 14.4 Å². The monoisotopic (exact) mass is 578 g/mol. The zero-order chi connectivity index (χ0) is 28.8. The van der Waals surface area contributed by atoms with Gasteiger partial charge in [0.2, 0.25) is 0 Å². The molecule has 0 saturated heterocycles. The molecule has 0 amide bonds. The molecule has 0 saturated carbocycles. The highest BCUT2D eigenvalue weighted by molar-refractivity contribution is 7.26. The molecule has 0 aliphatic carbocycles. The summed E-state index contributed by atoms with van der Waals surface area (Å²) in [7, 11) is 0. The van der Waals surface area contributed by atoms with Crippen LogP contribution in [0, 0.1) is 0 Å². The number of thiophene rings is 1. The summed E-state index contributed by atoms with van der Waals surface area (Å²) in [6.07, 6.45) is 0. The van der Waals surface area contributed by atoms with Gasteiger partial charge in [-0.1, -0.05) is 103 Å². The Balaban J connectivity index is 1.28. The van der Waals surface area contributed by atoms with Crippen LogP contribution in [0.15, 0.2) is 138 Å². The van der Waals surface area contributed by atoms with Crippen molar-refractivity contribution in [2.75, 3.05) is 0 Å². The van der Waals surface area contributed by atoms with Crippen molar-refractivity contribution >= 4 is 75.1 Å². The van der Waals surface area contributed by atoms with E-state index < -0.39 is 0 Å². The van der Waals surface area contributed by atoms with Gasteiger partial charge in [-0.2, -0.15) is 0 Å². The first-order valence-corrected chi connectivity index (χ1v) is 15.6. The van der Waals surface area contributed by atoms with Crippen molar-refractivity contribution in [3.63, 3.8) is 0 Å². The molecule has 0 bridgehead atoms. The third kappa shape index (κ3) is 3.37. The average molecular weight is 579 g/mol. The molecule has 204 valence electrons. The Labute approximate surface area is 256 Å². The van der Waals surface area contributed by atoms with Crippen LogP contribution in [0.5, 0.6) is 0 Å². The first-order valence-electron chi connectivity index (χ1n) is 14.7. The van der Waals surface area contributed by atoms with Crippen LogP contribution in [0.3, 0.4) is 0 Å². The van der Waals surface area contributed by atoms with Crippen LogP contribution in [-0.2, 0) is 0 Å². The Morgan fingerprint density at radius 2 is 1.18 bits per heavy atom. The molecule has 0 N–H and O–H groups in total. The van der Waals surface area contributed by atoms with Crippen LogP contribution in [0.4, 0.5) is 0 Å². The second-order valence-electron chi connectivity index (χ2n) is 11.3. The van der Waals surface area contributed by atoms with Gasteiger partial charge in [0.1, 0.15) is 11.2 Å². The van der Waals surface area contributed by atoms with Gasteiger partial charge in [-0.05, 0) is 63.0 Å². The molecular formula is C40H22N2OS. The Morgan fingerprint density at radius 1 is 0.455 bits per heavy atom. The topological polar surface area (TPSA) is 38.9 Å². The summed E-state index contributed by atoms with van der Waals surface area (Å²) in [5, 5.41) is 8.28. The van der Waals surface area contributed by atoms with Gasteiger partial charge in [0.25, 0.3) is 0 Å². The summed E-state index contributed by atoms with van der Waals surface area (Å²) >= 11 is 1.76. The Bertz CT molecular complexity index is 2710. The van der Waals surface area contributed by atoms with Gasteiger partial charge in [0.15, 0.2) is 5.82 Å². The van der Waals surface area contributed by atoms with Crippen LogP contribution in [0.25, 0.3) is 97.6 Å². The molecule has 10 rings (SSSR count). The molecule has 0 unspecified atom stereocenters. The van der Waals surface area contributed by atoms with E-state index in [2.05, 4.69) is 127 Å². The Kier molecular flexibility index (Phi) is 4.87. The minimum absolute atomic E-state index is 0.732. The summed E-state index contributed by atoms with van der Waals surface area (Å²) in [5.74, 6) is 0.732. The van der Waals surface area contributed by atoms with Gasteiger partial charge in [0, 0.05) is 32.0 Å². The van der Waals surface area contributed by atoms with Gasteiger partial charge in [-0.25, -0.2) is 9.97 Å². The second kappa shape index (κ2) is 8.96. The maximum Gasteiger partial charge on any atom is 0.160 e. The number of rotatable bonds is 3. The van der Waals surface area contributed by atoms with E-state index in [0.29, 0.717) is 0 Å². The second-order valence-corrected chi connectivity index (χ2v) is 12.4. The van der Waals surface area contributed by atoms with E-state index in [0.717, 1.165) is 49.6 Å². The highest BCUT2D eigenvalue weighted by atomic mass is 32.1. The quantitative estimate of drug-likeness (QED) is 0.196. The molecular weight excluding hydrogens is 557 g/mol. The third-order valence-electron chi connectivity index (χ3n) is 8.83. The van der Waals surface area contributed by atoms with Crippen molar-refractivity contribution in [1.82, 2.24) is 9.97 Å². The van der Waals surface area contributed by atoms with Gasteiger partial charge in [-0.3, -0.25) is 0 Å². The number of aromatic nitrogens is 2. The molecule has 3 nitrogen and oxygen atoms in total. The van der Waals surface area contributed by atoms with Crippen molar-refractivity contribution < 1.29 is 4.42 Å². The molecule has 10 aromatic rings. The number of benzene rings is 7. The molecule has 0 spiro atoms. The molecule has 0 fully saturated rings. The van der Waals surface area contributed by atoms with Crippen molar-refractivity contribution in [1.29, 1.82) is 0 Å². The first-order chi connectivity index (χ1) is 21.8. The molecule has 3 heterocycles. The minimum Gasteiger partial charge on any atom is -0.456 e. The SMILES string of the molecule is c1ccc(-c2cc3oc4cccc5c6cc(-c7nc(-c8ccccc8)c8sc9ccccc9c8n7)ccc6c(c2)c3c45)cc1. The Morgan fingerprint density at radius 3 is 2.05 bits per heavy atom. The summed E-state index contributed by atoms with van der Waals surface area (Å²) in [5.41, 5.74) is 8.23. The van der Waals surface area contributed by atoms with Gasteiger partial charge in [-0.15, -0.1) is 11.3 Å². The highest BCUT2D eigenvalue weighted by Crippen LogP contribution is 2.45. The normalized spacial score (nSPS) is 12.1. The van der Waals surface area contributed by atoms with E-state index >= 15 is 0 Å². The third-order valence-corrected chi connectivity index (χ3v) is 10.00. The number of hydrogen-bond acceptors (Lipinski definition) is 4. The molecule has 0 aliphatic heterocycles. The largest absolute Gasteiger partial charge is 0.456 e. The average Bonchev–Trinajstić information content (AvgIpc) is 3.66. The van der Waals surface area contributed by atoms with Crippen LogP contribution in [0.1, 0.15) is 0 Å². The van der Waals surface area contributed by atoms with Crippen LogP contribution >= 0.6 is 11.3 Å². The number of nitrogens with zero attached hydrogens (tertiary/aromatic N) is 2. The first kappa shape index (κ1) is 23.9. The lowest BCUT2D eigenvalue weighted by Gasteiger charge is -2.12. The smallest absolute Gasteiger partial charge is 0.160 e. The molecule has 44 heavy (non-hydrogen) atoms. The predicted octanol–water partition coefficient (Wildman–Crippen LogP) is 11.5. The highest BCUT2D eigenvalue weighted by Gasteiger charge is 2.20. The summed E-state index contributed by atoms with van der Waals surface area (Å²) in [6, 6.07) is 47.0. The number of fused-ring (bicyclic) bond motifs is 6. The zero-order valence-electron chi connectivity index (χ0n) is 23.4. The lowest BCUT2D eigenvalue weighted by atomic mass is 9.91. The molecule has 3 aromatic heterocycles. The van der Waals surface area contributed by atoms with E-state index in [1.165, 1.54) is 48.0 Å². The van der Waals surface area contributed by atoms with Crippen molar-refractivity contribution in [3.8, 4) is 33.8 Å². The van der Waals surface area contributed by atoms with Crippen LogP contribution in [-0.4, -0.2) is 9.97 Å². The summed E-state index contributed by atoms with van der Waals surface area (Å²) < 4.78 is 8.82. The summed E-state index contributed by atoms with van der Waals surface area (Å²) in [4.78, 5) is 10.5. The lowest BCUT2D eigenvalue weighted by molar-refractivity contribution is 0.669. The molecule has 7 aromatic carbocycles. The minimum atomic E-state index is 0.732. The number of furan rings is 1. The lowest BCUT2D eigenvalue weighted by Crippen LogP contribution is -1.94. The number of hydrogen-bond donors (Lipinski definition) is 0. The van der Waals surface area contributed by atoms with E-state index in [1.807, 2.05) is 6.07 Å². The van der Waals surface area contributed by atoms with E-state index in [1.54, 1.807) is 11.3 Å². The van der Waals surface area contributed by atoms with Crippen molar-refractivity contribution in [3.05, 3.63) is 133 Å². The van der Waals surface area contributed by atoms with E-state index in [-0.39, 0.29) is 0 Å². The predicted molar refractivity (Wildman–Crippen MR) is 185 cm³/mol. The molecule has 0 atom stereocenters. The fourth-order valence-electron chi connectivity index (χ4n) is 6.83. The zero-order valence-corrected chi connectivity index (χ0v) is 24.2. The van der Waals surface area contributed by atoms with Gasteiger partial charge < -0.3 is 4.42 Å². The Hall–Kier alpha value is -5.58. The molecule has 4 heteroatoms. The van der Waals surface area contributed by atoms with Crippen LogP contribution in [0.2, 0.25) is 0 Å². The maximum absolute atomic E-state index is 6.48. The van der Waals surface area contributed by atoms with Gasteiger partial charge >= 0.3 is 0 Å². The van der Waals surface area contributed by atoms with Crippen molar-refractivity contribution in [2.24, 2.45) is 0 Å². The van der Waals surface area contributed by atoms with Crippen LogP contribution < -0.4 is 0 Å². The molecule has 0 aliphatic rings. The van der Waals surface area contributed by atoms with E-state index in [9.17, 15) is 0 Å². The maximum atomic E-state index is 6.48.